The lowest BCUT2D eigenvalue weighted by Gasteiger charge is -2.22. The van der Waals surface area contributed by atoms with Crippen LogP contribution in [0.4, 0.5) is 0 Å². The minimum absolute atomic E-state index is 0.0403. The van der Waals surface area contributed by atoms with Gasteiger partial charge in [-0.15, -0.1) is 0 Å². The number of hydrogen-bond acceptors (Lipinski definition) is 6. The summed E-state index contributed by atoms with van der Waals surface area (Å²) in [6, 6.07) is 17.2. The zero-order valence-electron chi connectivity index (χ0n) is 21.1. The highest BCUT2D eigenvalue weighted by atomic mass is 16.5. The van der Waals surface area contributed by atoms with Crippen molar-refractivity contribution in [1.29, 1.82) is 0 Å². The lowest BCUT2D eigenvalue weighted by atomic mass is 10.0. The maximum Gasteiger partial charge on any atom is 0.357 e. The van der Waals surface area contributed by atoms with Crippen molar-refractivity contribution < 1.29 is 19.1 Å². The van der Waals surface area contributed by atoms with Crippen molar-refractivity contribution in [1.82, 2.24) is 14.7 Å². The summed E-state index contributed by atoms with van der Waals surface area (Å²) in [5.41, 5.74) is 3.03. The first-order chi connectivity index (χ1) is 17.0. The highest BCUT2D eigenvalue weighted by molar-refractivity contribution is 6.06. The molecular formula is C28H35N3O4. The van der Waals surface area contributed by atoms with Gasteiger partial charge in [-0.2, -0.15) is 5.10 Å². The van der Waals surface area contributed by atoms with Gasteiger partial charge in [0.15, 0.2) is 5.69 Å². The predicted molar refractivity (Wildman–Crippen MR) is 137 cm³/mol. The number of esters is 2. The van der Waals surface area contributed by atoms with Gasteiger partial charge in [0.25, 0.3) is 0 Å². The number of carbonyl (C=O) groups is 2. The second-order valence-electron chi connectivity index (χ2n) is 8.49. The molecule has 0 aliphatic rings. The SMILES string of the molecule is CCCCN(CCCC)Cc1cccc(-c2nn(-c3ccccc3)c(C(=O)OC)c2C(=O)OC)c1. The number of rotatable bonds is 12. The van der Waals surface area contributed by atoms with Gasteiger partial charge in [-0.1, -0.05) is 63.1 Å². The monoisotopic (exact) mass is 477 g/mol. The van der Waals surface area contributed by atoms with Crippen LogP contribution in [0.5, 0.6) is 0 Å². The molecule has 3 rings (SSSR count). The molecule has 0 radical (unpaired) electrons. The highest BCUT2D eigenvalue weighted by Gasteiger charge is 2.31. The Bertz CT molecular complexity index is 1120. The van der Waals surface area contributed by atoms with E-state index >= 15 is 0 Å². The molecule has 0 N–H and O–H groups in total. The van der Waals surface area contributed by atoms with E-state index in [4.69, 9.17) is 14.6 Å². The van der Waals surface area contributed by atoms with Gasteiger partial charge < -0.3 is 9.47 Å². The summed E-state index contributed by atoms with van der Waals surface area (Å²) in [7, 11) is 2.58. The molecule has 0 unspecified atom stereocenters. The van der Waals surface area contributed by atoms with Crippen LogP contribution in [0, 0.1) is 0 Å². The molecule has 2 aromatic carbocycles. The first kappa shape index (κ1) is 26.2. The third kappa shape index (κ3) is 6.36. The normalized spacial score (nSPS) is 11.0. The zero-order valence-corrected chi connectivity index (χ0v) is 21.1. The van der Waals surface area contributed by atoms with Gasteiger partial charge in [-0.25, -0.2) is 14.3 Å². The van der Waals surface area contributed by atoms with E-state index in [-0.39, 0.29) is 11.3 Å². The number of methoxy groups -OCH3 is 2. The van der Waals surface area contributed by atoms with E-state index in [1.807, 2.05) is 48.5 Å². The van der Waals surface area contributed by atoms with Crippen molar-refractivity contribution in [2.24, 2.45) is 0 Å². The Morgan fingerprint density at radius 3 is 2.14 bits per heavy atom. The maximum absolute atomic E-state index is 12.9. The second kappa shape index (κ2) is 12.9. The van der Waals surface area contributed by atoms with Crippen LogP contribution in [0.1, 0.15) is 65.9 Å². The molecule has 35 heavy (non-hydrogen) atoms. The number of ether oxygens (including phenoxy) is 2. The summed E-state index contributed by atoms with van der Waals surface area (Å²) in [6.45, 7) is 7.31. The topological polar surface area (TPSA) is 73.7 Å². The van der Waals surface area contributed by atoms with Gasteiger partial charge >= 0.3 is 11.9 Å². The van der Waals surface area contributed by atoms with Gasteiger partial charge in [0, 0.05) is 12.1 Å². The molecule has 0 amide bonds. The zero-order chi connectivity index (χ0) is 25.2. The Morgan fingerprint density at radius 2 is 1.54 bits per heavy atom. The van der Waals surface area contributed by atoms with Crippen LogP contribution in [-0.2, 0) is 16.0 Å². The molecule has 3 aromatic rings. The molecule has 0 aliphatic carbocycles. The van der Waals surface area contributed by atoms with Crippen molar-refractivity contribution in [2.45, 2.75) is 46.1 Å². The third-order valence-electron chi connectivity index (χ3n) is 5.92. The van der Waals surface area contributed by atoms with Gasteiger partial charge in [0.05, 0.1) is 19.9 Å². The minimum atomic E-state index is -0.658. The van der Waals surface area contributed by atoms with Crippen molar-refractivity contribution in [2.75, 3.05) is 27.3 Å². The Morgan fingerprint density at radius 1 is 0.886 bits per heavy atom. The third-order valence-corrected chi connectivity index (χ3v) is 5.92. The highest BCUT2D eigenvalue weighted by Crippen LogP contribution is 2.30. The molecule has 0 spiro atoms. The molecule has 0 fully saturated rings. The summed E-state index contributed by atoms with van der Waals surface area (Å²) in [4.78, 5) is 28.2. The number of benzene rings is 2. The Balaban J connectivity index is 2.09. The number of aromatic nitrogens is 2. The van der Waals surface area contributed by atoms with Crippen LogP contribution < -0.4 is 0 Å². The lowest BCUT2D eigenvalue weighted by Crippen LogP contribution is -2.25. The molecule has 1 heterocycles. The van der Waals surface area contributed by atoms with Crippen LogP contribution in [0.2, 0.25) is 0 Å². The van der Waals surface area contributed by atoms with E-state index in [0.29, 0.717) is 11.4 Å². The quantitative estimate of drug-likeness (QED) is 0.320. The van der Waals surface area contributed by atoms with Crippen molar-refractivity contribution in [3.8, 4) is 16.9 Å². The molecular weight excluding hydrogens is 442 g/mol. The van der Waals surface area contributed by atoms with Crippen LogP contribution in [0.3, 0.4) is 0 Å². The predicted octanol–water partition coefficient (Wildman–Crippen LogP) is 5.51. The van der Waals surface area contributed by atoms with Crippen LogP contribution in [0.25, 0.3) is 16.9 Å². The van der Waals surface area contributed by atoms with Crippen LogP contribution in [-0.4, -0.2) is 53.9 Å². The molecule has 7 heteroatoms. The first-order valence-corrected chi connectivity index (χ1v) is 12.2. The second-order valence-corrected chi connectivity index (χ2v) is 8.49. The summed E-state index contributed by atoms with van der Waals surface area (Å²) < 4.78 is 11.5. The Kier molecular flexibility index (Phi) is 9.61. The van der Waals surface area contributed by atoms with E-state index in [0.717, 1.165) is 56.4 Å². The minimum Gasteiger partial charge on any atom is -0.465 e. The lowest BCUT2D eigenvalue weighted by molar-refractivity contribution is 0.0549. The van der Waals surface area contributed by atoms with Crippen molar-refractivity contribution in [3.05, 3.63) is 71.4 Å². The molecule has 1 aromatic heterocycles. The number of para-hydroxylation sites is 1. The molecule has 186 valence electrons. The van der Waals surface area contributed by atoms with Crippen molar-refractivity contribution in [3.63, 3.8) is 0 Å². The Hall–Kier alpha value is -3.45. The molecule has 7 nitrogen and oxygen atoms in total. The number of hydrogen-bond donors (Lipinski definition) is 0. The summed E-state index contributed by atoms with van der Waals surface area (Å²) in [5, 5.41) is 4.71. The van der Waals surface area contributed by atoms with E-state index in [1.165, 1.54) is 18.9 Å². The van der Waals surface area contributed by atoms with Crippen LogP contribution in [0.15, 0.2) is 54.6 Å². The number of unbranched alkanes of at least 4 members (excludes halogenated alkanes) is 2. The van der Waals surface area contributed by atoms with Gasteiger partial charge in [-0.3, -0.25) is 4.90 Å². The smallest absolute Gasteiger partial charge is 0.357 e. The van der Waals surface area contributed by atoms with Crippen molar-refractivity contribution >= 4 is 11.9 Å². The van der Waals surface area contributed by atoms with E-state index < -0.39 is 11.9 Å². The average Bonchev–Trinajstić information content (AvgIpc) is 3.30. The standard InChI is InChI=1S/C28H35N3O4/c1-5-7-17-30(18-8-6-2)20-21-13-12-14-22(19-21)25-24(27(32)34-3)26(28(33)35-4)31(29-25)23-15-10-9-11-16-23/h9-16,19H,5-8,17-18,20H2,1-4H3. The number of nitrogens with zero attached hydrogens (tertiary/aromatic N) is 3. The fraction of sp³-hybridized carbons (Fsp3) is 0.393. The largest absolute Gasteiger partial charge is 0.465 e. The van der Waals surface area contributed by atoms with E-state index in [2.05, 4.69) is 24.8 Å². The molecule has 0 atom stereocenters. The van der Waals surface area contributed by atoms with Gasteiger partial charge in [-0.05, 0) is 49.7 Å². The summed E-state index contributed by atoms with van der Waals surface area (Å²) in [6.07, 6.45) is 4.61. The molecule has 0 saturated carbocycles. The molecule has 0 bridgehead atoms. The van der Waals surface area contributed by atoms with E-state index in [9.17, 15) is 9.59 Å². The van der Waals surface area contributed by atoms with Gasteiger partial charge in [0.1, 0.15) is 11.3 Å². The molecule has 0 saturated heterocycles. The van der Waals surface area contributed by atoms with Crippen LogP contribution >= 0.6 is 0 Å². The van der Waals surface area contributed by atoms with E-state index in [1.54, 1.807) is 0 Å². The Labute approximate surface area is 207 Å². The number of carbonyl (C=O) groups excluding carboxylic acids is 2. The fourth-order valence-electron chi connectivity index (χ4n) is 4.07. The van der Waals surface area contributed by atoms with Gasteiger partial charge in [0.2, 0.25) is 0 Å². The first-order valence-electron chi connectivity index (χ1n) is 12.2. The fourth-order valence-corrected chi connectivity index (χ4v) is 4.07. The average molecular weight is 478 g/mol. The summed E-state index contributed by atoms with van der Waals surface area (Å²) in [5.74, 6) is -1.30. The molecule has 0 aliphatic heterocycles. The maximum atomic E-state index is 12.9. The summed E-state index contributed by atoms with van der Waals surface area (Å²) >= 11 is 0.